The highest BCUT2D eigenvalue weighted by atomic mass is 32.2. The highest BCUT2D eigenvalue weighted by Gasteiger charge is 2.23. The van der Waals surface area contributed by atoms with Gasteiger partial charge in [0, 0.05) is 24.7 Å². The van der Waals surface area contributed by atoms with Crippen molar-refractivity contribution in [3.63, 3.8) is 0 Å². The molecule has 0 aliphatic carbocycles. The summed E-state index contributed by atoms with van der Waals surface area (Å²) in [6.45, 7) is 1.39. The molecule has 0 saturated carbocycles. The number of amides is 1. The van der Waals surface area contributed by atoms with E-state index < -0.39 is 0 Å². The lowest BCUT2D eigenvalue weighted by Gasteiger charge is -2.15. The Labute approximate surface area is 117 Å². The summed E-state index contributed by atoms with van der Waals surface area (Å²) in [7, 11) is 0. The van der Waals surface area contributed by atoms with Crippen molar-refractivity contribution in [2.45, 2.75) is 12.5 Å². The van der Waals surface area contributed by atoms with Crippen LogP contribution in [0.5, 0.6) is 0 Å². The van der Waals surface area contributed by atoms with Gasteiger partial charge in [0.05, 0.1) is 11.5 Å². The first-order chi connectivity index (χ1) is 9.16. The van der Waals surface area contributed by atoms with Crippen molar-refractivity contribution < 1.29 is 9.59 Å². The van der Waals surface area contributed by atoms with Crippen LogP contribution in [0.25, 0.3) is 0 Å². The van der Waals surface area contributed by atoms with E-state index in [2.05, 4.69) is 0 Å². The molecule has 1 saturated heterocycles. The van der Waals surface area contributed by atoms with Crippen molar-refractivity contribution in [2.75, 3.05) is 24.6 Å². The minimum atomic E-state index is 0.0662. The zero-order valence-corrected chi connectivity index (χ0v) is 11.6. The van der Waals surface area contributed by atoms with Gasteiger partial charge in [-0.2, -0.15) is 0 Å². The van der Waals surface area contributed by atoms with Crippen LogP contribution in [0.3, 0.4) is 0 Å². The molecule has 1 fully saturated rings. The van der Waals surface area contributed by atoms with Crippen LogP contribution >= 0.6 is 11.8 Å². The van der Waals surface area contributed by atoms with Gasteiger partial charge in [-0.25, -0.2) is 0 Å². The highest BCUT2D eigenvalue weighted by molar-refractivity contribution is 8.00. The lowest BCUT2D eigenvalue weighted by atomic mass is 10.2. The molecule has 0 spiro atoms. The number of thioether (sulfide) groups is 1. The molecule has 19 heavy (non-hydrogen) atoms. The zero-order chi connectivity index (χ0) is 13.7. The lowest BCUT2D eigenvalue weighted by molar-refractivity contribution is -0.127. The van der Waals surface area contributed by atoms with Crippen LogP contribution in [-0.4, -0.2) is 47.2 Å². The molecule has 1 aliphatic heterocycles. The molecule has 1 aliphatic rings. The maximum atomic E-state index is 11.8. The molecule has 0 bridgehead atoms. The average molecular weight is 278 g/mol. The normalized spacial score (nSPS) is 18.6. The Balaban J connectivity index is 1.72. The number of carbonyl (C=O) groups excluding carboxylic acids is 2. The fourth-order valence-electron chi connectivity index (χ4n) is 2.04. The second kappa shape index (κ2) is 6.73. The van der Waals surface area contributed by atoms with Crippen molar-refractivity contribution in [1.29, 1.82) is 0 Å². The van der Waals surface area contributed by atoms with E-state index in [1.54, 1.807) is 17.0 Å². The number of likely N-dealkylation sites (tertiary alicyclic amines) is 1. The van der Waals surface area contributed by atoms with E-state index >= 15 is 0 Å². The Morgan fingerprint density at radius 1 is 1.26 bits per heavy atom. The Morgan fingerprint density at radius 3 is 2.63 bits per heavy atom. The number of benzene rings is 1. The maximum absolute atomic E-state index is 11.8. The number of rotatable bonds is 5. The maximum Gasteiger partial charge on any atom is 0.232 e. The number of carbonyl (C=O) groups is 2. The number of hydrogen-bond donors (Lipinski definition) is 1. The second-order valence-corrected chi connectivity index (χ2v) is 5.66. The number of Topliss-reactive ketones (excluding diaryl/α,β-unsaturated/α-hetero) is 1. The largest absolute Gasteiger partial charge is 0.340 e. The smallest absolute Gasteiger partial charge is 0.232 e. The highest BCUT2D eigenvalue weighted by Crippen LogP contribution is 2.12. The third-order valence-corrected chi connectivity index (χ3v) is 4.05. The van der Waals surface area contributed by atoms with Crippen LogP contribution in [-0.2, 0) is 4.79 Å². The predicted octanol–water partition coefficient (Wildman–Crippen LogP) is 1.16. The minimum Gasteiger partial charge on any atom is -0.340 e. The van der Waals surface area contributed by atoms with Crippen molar-refractivity contribution in [3.8, 4) is 0 Å². The summed E-state index contributed by atoms with van der Waals surface area (Å²) in [4.78, 5) is 25.5. The van der Waals surface area contributed by atoms with Crippen molar-refractivity contribution in [3.05, 3.63) is 35.9 Å². The fraction of sp³-hybridized carbons (Fsp3) is 0.429. The van der Waals surface area contributed by atoms with Gasteiger partial charge in [0.2, 0.25) is 5.91 Å². The molecular formula is C14H18N2O2S. The van der Waals surface area contributed by atoms with Crippen LogP contribution in [0.4, 0.5) is 0 Å². The SMILES string of the molecule is N[C@@H]1CCN(C(=O)CSCC(=O)c2ccccc2)C1. The summed E-state index contributed by atoms with van der Waals surface area (Å²) in [5, 5.41) is 0. The molecule has 4 nitrogen and oxygen atoms in total. The lowest BCUT2D eigenvalue weighted by Crippen LogP contribution is -2.33. The minimum absolute atomic E-state index is 0.0662. The van der Waals surface area contributed by atoms with E-state index in [0.29, 0.717) is 23.6 Å². The monoisotopic (exact) mass is 278 g/mol. The van der Waals surface area contributed by atoms with Gasteiger partial charge in [0.15, 0.2) is 5.78 Å². The quantitative estimate of drug-likeness (QED) is 0.821. The molecule has 1 heterocycles. The summed E-state index contributed by atoms with van der Waals surface area (Å²) >= 11 is 1.37. The average Bonchev–Trinajstić information content (AvgIpc) is 2.86. The summed E-state index contributed by atoms with van der Waals surface area (Å²) in [5.74, 6) is 0.844. The summed E-state index contributed by atoms with van der Waals surface area (Å²) < 4.78 is 0. The molecule has 1 amide bonds. The first kappa shape index (κ1) is 14.1. The molecule has 2 N–H and O–H groups in total. The Kier molecular flexibility index (Phi) is 4.99. The molecule has 1 atom stereocenters. The van der Waals surface area contributed by atoms with E-state index in [0.717, 1.165) is 13.0 Å². The molecule has 0 radical (unpaired) electrons. The van der Waals surface area contributed by atoms with Crippen molar-refractivity contribution in [1.82, 2.24) is 4.90 Å². The van der Waals surface area contributed by atoms with Gasteiger partial charge in [-0.05, 0) is 6.42 Å². The molecule has 102 valence electrons. The summed E-state index contributed by atoms with van der Waals surface area (Å²) in [5.41, 5.74) is 6.46. The molecule has 5 heteroatoms. The van der Waals surface area contributed by atoms with Gasteiger partial charge < -0.3 is 10.6 Å². The molecular weight excluding hydrogens is 260 g/mol. The van der Waals surface area contributed by atoms with Crippen LogP contribution in [0.15, 0.2) is 30.3 Å². The van der Waals surface area contributed by atoms with Gasteiger partial charge in [0.25, 0.3) is 0 Å². The van der Waals surface area contributed by atoms with Crippen molar-refractivity contribution >= 4 is 23.5 Å². The molecule has 0 unspecified atom stereocenters. The van der Waals surface area contributed by atoms with Crippen LogP contribution < -0.4 is 5.73 Å². The summed E-state index contributed by atoms with van der Waals surface area (Å²) in [6.07, 6.45) is 0.874. The molecule has 2 rings (SSSR count). The van der Waals surface area contributed by atoms with Crippen molar-refractivity contribution in [2.24, 2.45) is 5.73 Å². The molecule has 1 aromatic carbocycles. The van der Waals surface area contributed by atoms with Gasteiger partial charge in [0.1, 0.15) is 0 Å². The van der Waals surface area contributed by atoms with Crippen LogP contribution in [0.2, 0.25) is 0 Å². The molecule has 1 aromatic rings. The Hall–Kier alpha value is -1.33. The number of nitrogens with zero attached hydrogens (tertiary/aromatic N) is 1. The predicted molar refractivity (Wildman–Crippen MR) is 77.3 cm³/mol. The van der Waals surface area contributed by atoms with E-state index in [4.69, 9.17) is 5.73 Å². The topological polar surface area (TPSA) is 63.4 Å². The standard InChI is InChI=1S/C14H18N2O2S/c15-12-6-7-16(8-12)14(18)10-19-9-13(17)11-4-2-1-3-5-11/h1-5,12H,6-10,15H2/t12-/m1/s1. The molecule has 0 aromatic heterocycles. The van der Waals surface area contributed by atoms with E-state index in [9.17, 15) is 9.59 Å². The first-order valence-corrected chi connectivity index (χ1v) is 7.51. The van der Waals surface area contributed by atoms with Gasteiger partial charge >= 0.3 is 0 Å². The first-order valence-electron chi connectivity index (χ1n) is 6.36. The van der Waals surface area contributed by atoms with Gasteiger partial charge in [-0.3, -0.25) is 9.59 Å². The number of nitrogens with two attached hydrogens (primary N) is 1. The number of ketones is 1. The Morgan fingerprint density at radius 2 is 2.00 bits per heavy atom. The zero-order valence-electron chi connectivity index (χ0n) is 10.7. The van der Waals surface area contributed by atoms with Crippen LogP contribution in [0, 0.1) is 0 Å². The van der Waals surface area contributed by atoms with Gasteiger partial charge in [-0.1, -0.05) is 30.3 Å². The third-order valence-electron chi connectivity index (χ3n) is 3.13. The van der Waals surface area contributed by atoms with Crippen LogP contribution in [0.1, 0.15) is 16.8 Å². The number of hydrogen-bond acceptors (Lipinski definition) is 4. The fourth-order valence-corrected chi connectivity index (χ4v) is 2.85. The Bertz CT molecular complexity index is 450. The summed E-state index contributed by atoms with van der Waals surface area (Å²) in [6, 6.07) is 9.27. The van der Waals surface area contributed by atoms with E-state index in [1.165, 1.54) is 11.8 Å². The second-order valence-electron chi connectivity index (χ2n) is 4.67. The van der Waals surface area contributed by atoms with E-state index in [-0.39, 0.29) is 17.7 Å². The van der Waals surface area contributed by atoms with Gasteiger partial charge in [-0.15, -0.1) is 11.8 Å². The van der Waals surface area contributed by atoms with E-state index in [1.807, 2.05) is 18.2 Å². The third kappa shape index (κ3) is 4.08.